The first kappa shape index (κ1) is 32.5. The highest BCUT2D eigenvalue weighted by atomic mass is 19.1. The Morgan fingerprint density at radius 2 is 1.89 bits per heavy atom. The van der Waals surface area contributed by atoms with Gasteiger partial charge >= 0.3 is 0 Å². The number of fused-ring (bicyclic) bond motifs is 2. The highest BCUT2D eigenvalue weighted by Gasteiger charge is 2.46. The van der Waals surface area contributed by atoms with E-state index in [4.69, 9.17) is 14.5 Å². The highest BCUT2D eigenvalue weighted by Crippen LogP contribution is 2.46. The molecule has 1 aliphatic carbocycles. The van der Waals surface area contributed by atoms with Crippen molar-refractivity contribution in [1.82, 2.24) is 15.3 Å². The van der Waals surface area contributed by atoms with Crippen molar-refractivity contribution in [3.8, 4) is 22.8 Å². The number of rotatable bonds is 11. The summed E-state index contributed by atoms with van der Waals surface area (Å²) >= 11 is 0. The summed E-state index contributed by atoms with van der Waals surface area (Å²) in [4.78, 5) is 36.4. The molecule has 47 heavy (non-hydrogen) atoms. The quantitative estimate of drug-likeness (QED) is 0.178. The number of halogens is 1. The fraction of sp³-hybridized carbons (Fsp3) is 0.405. The van der Waals surface area contributed by atoms with Gasteiger partial charge in [-0.1, -0.05) is 6.07 Å². The molecule has 0 bridgehead atoms. The number of aliphatic hydroxyl groups is 2. The SMILES string of the molecule is Cc1cc(-c2nc([C@@](C)(O)CCC(=O)c3cc(OC4CC4)c4ncccc4c3)cc3c2OC[C@]3(C)C(=O)NCC(C)(C)O)ccc1F. The topological polar surface area (TPSA) is 131 Å². The van der Waals surface area contributed by atoms with E-state index in [1.807, 2.05) is 12.1 Å². The summed E-state index contributed by atoms with van der Waals surface area (Å²) in [5, 5.41) is 25.7. The van der Waals surface area contributed by atoms with Gasteiger partial charge in [0.25, 0.3) is 0 Å². The summed E-state index contributed by atoms with van der Waals surface area (Å²) in [5.41, 5.74) is -0.665. The number of ether oxygens (including phenoxy) is 2. The van der Waals surface area contributed by atoms with Crippen LogP contribution in [0.2, 0.25) is 0 Å². The van der Waals surface area contributed by atoms with Crippen LogP contribution in [0.1, 0.15) is 80.6 Å². The number of aromatic nitrogens is 2. The van der Waals surface area contributed by atoms with E-state index in [9.17, 15) is 24.2 Å². The fourth-order valence-corrected chi connectivity index (χ4v) is 5.73. The monoisotopic (exact) mass is 641 g/mol. The van der Waals surface area contributed by atoms with Crippen molar-refractivity contribution in [2.45, 2.75) is 83.0 Å². The third-order valence-electron chi connectivity index (χ3n) is 8.89. The molecule has 1 aliphatic heterocycles. The molecule has 1 amide bonds. The van der Waals surface area contributed by atoms with E-state index in [1.54, 1.807) is 71.1 Å². The summed E-state index contributed by atoms with van der Waals surface area (Å²) in [6.45, 7) is 8.18. The zero-order valence-electron chi connectivity index (χ0n) is 27.3. The van der Waals surface area contributed by atoms with Crippen molar-refractivity contribution in [2.24, 2.45) is 0 Å². The molecule has 2 aromatic carbocycles. The molecule has 1 saturated carbocycles. The van der Waals surface area contributed by atoms with Crippen LogP contribution in [-0.2, 0) is 15.8 Å². The van der Waals surface area contributed by atoms with Gasteiger partial charge in [0.05, 0.1) is 17.4 Å². The van der Waals surface area contributed by atoms with E-state index >= 15 is 0 Å². The summed E-state index contributed by atoms with van der Waals surface area (Å²) in [6.07, 6.45) is 3.79. The average molecular weight is 642 g/mol. The van der Waals surface area contributed by atoms with Crippen molar-refractivity contribution in [3.63, 3.8) is 0 Å². The lowest BCUT2D eigenvalue weighted by molar-refractivity contribution is -0.127. The van der Waals surface area contributed by atoms with Gasteiger partial charge in [-0.05, 0) is 102 Å². The predicted octanol–water partition coefficient (Wildman–Crippen LogP) is 5.69. The van der Waals surface area contributed by atoms with Crippen LogP contribution in [-0.4, -0.2) is 56.7 Å². The Balaban J connectivity index is 1.33. The van der Waals surface area contributed by atoms with E-state index in [1.165, 1.54) is 6.07 Å². The van der Waals surface area contributed by atoms with E-state index < -0.39 is 16.6 Å². The molecular weight excluding hydrogens is 601 g/mol. The Bertz CT molecular complexity index is 1880. The van der Waals surface area contributed by atoms with Gasteiger partial charge in [-0.25, -0.2) is 9.37 Å². The number of Topliss-reactive ketones (excluding diaryl/α,β-unsaturated/α-hetero) is 1. The largest absolute Gasteiger partial charge is 0.489 e. The van der Waals surface area contributed by atoms with E-state index in [2.05, 4.69) is 10.3 Å². The molecule has 6 rings (SSSR count). The summed E-state index contributed by atoms with van der Waals surface area (Å²) < 4.78 is 26.4. The molecule has 9 nitrogen and oxygen atoms in total. The minimum Gasteiger partial charge on any atom is -0.489 e. The first-order chi connectivity index (χ1) is 22.1. The number of nitrogens with one attached hydrogen (secondary N) is 1. The number of aryl methyl sites for hydroxylation is 1. The maximum atomic E-state index is 14.3. The molecule has 2 atom stereocenters. The standard InChI is InChI=1S/C37H40FN3O6/c1-21-15-23(8-11-27(21)38)32-33-26(36(4,20-46-33)34(43)40-19-35(2,3)44)18-30(41-32)37(5,45)13-12-28(42)24-16-22-7-6-14-39-31(22)29(17-24)47-25-9-10-25/h6-8,11,14-18,25,44-45H,9-10,12-13,19-20H2,1-5H3,(H,40,43)/t36-,37-/m0/s1. The smallest absolute Gasteiger partial charge is 0.234 e. The van der Waals surface area contributed by atoms with Gasteiger partial charge in [-0.3, -0.25) is 14.6 Å². The molecule has 1 fully saturated rings. The van der Waals surface area contributed by atoms with Crippen LogP contribution in [0.5, 0.6) is 11.5 Å². The molecule has 246 valence electrons. The highest BCUT2D eigenvalue weighted by molar-refractivity contribution is 6.01. The molecule has 2 aromatic heterocycles. The van der Waals surface area contributed by atoms with Crippen LogP contribution in [0.15, 0.2) is 54.7 Å². The Kier molecular flexibility index (Phi) is 8.30. The lowest BCUT2D eigenvalue weighted by Crippen LogP contribution is -2.48. The van der Waals surface area contributed by atoms with E-state index in [-0.39, 0.29) is 55.3 Å². The van der Waals surface area contributed by atoms with Gasteiger partial charge in [0.2, 0.25) is 5.91 Å². The van der Waals surface area contributed by atoms with Crippen molar-refractivity contribution in [3.05, 3.63) is 82.9 Å². The third-order valence-corrected chi connectivity index (χ3v) is 8.89. The number of carbonyl (C=O) groups is 2. The molecule has 0 spiro atoms. The van der Waals surface area contributed by atoms with Crippen molar-refractivity contribution in [2.75, 3.05) is 13.2 Å². The number of pyridine rings is 2. The first-order valence-corrected chi connectivity index (χ1v) is 15.9. The van der Waals surface area contributed by atoms with Crippen LogP contribution in [0.3, 0.4) is 0 Å². The van der Waals surface area contributed by atoms with Gasteiger partial charge in [-0.15, -0.1) is 0 Å². The number of carbonyl (C=O) groups excluding carboxylic acids is 2. The first-order valence-electron chi connectivity index (χ1n) is 15.9. The van der Waals surface area contributed by atoms with E-state index in [0.29, 0.717) is 45.0 Å². The fourth-order valence-electron chi connectivity index (χ4n) is 5.73. The minimum atomic E-state index is -1.59. The second kappa shape index (κ2) is 12.0. The zero-order valence-corrected chi connectivity index (χ0v) is 27.3. The summed E-state index contributed by atoms with van der Waals surface area (Å²) in [5.74, 6) is 0.0230. The van der Waals surface area contributed by atoms with Gasteiger partial charge in [0.1, 0.15) is 46.1 Å². The van der Waals surface area contributed by atoms with E-state index in [0.717, 1.165) is 18.2 Å². The molecule has 0 radical (unpaired) electrons. The number of benzene rings is 2. The molecular formula is C37H40FN3O6. The van der Waals surface area contributed by atoms with Crippen molar-refractivity contribution >= 4 is 22.6 Å². The predicted molar refractivity (Wildman–Crippen MR) is 175 cm³/mol. The number of nitrogens with zero attached hydrogens (tertiary/aromatic N) is 2. The normalized spacial score (nSPS) is 18.7. The summed E-state index contributed by atoms with van der Waals surface area (Å²) in [6, 6.07) is 13.4. The molecule has 2 aliphatic rings. The second-order valence-electron chi connectivity index (χ2n) is 13.9. The Morgan fingerprint density at radius 1 is 1.13 bits per heavy atom. The second-order valence-corrected chi connectivity index (χ2v) is 13.9. The van der Waals surface area contributed by atoms with Crippen LogP contribution in [0.4, 0.5) is 4.39 Å². The Hall–Kier alpha value is -4.41. The molecule has 3 heterocycles. The average Bonchev–Trinajstić information content (AvgIpc) is 3.79. The maximum absolute atomic E-state index is 14.3. The Morgan fingerprint density at radius 3 is 2.60 bits per heavy atom. The maximum Gasteiger partial charge on any atom is 0.234 e. The molecule has 0 saturated heterocycles. The summed E-state index contributed by atoms with van der Waals surface area (Å²) in [7, 11) is 0. The molecule has 10 heteroatoms. The van der Waals surface area contributed by atoms with Crippen LogP contribution in [0, 0.1) is 12.7 Å². The third kappa shape index (κ3) is 6.71. The number of hydrogen-bond acceptors (Lipinski definition) is 8. The molecule has 3 N–H and O–H groups in total. The number of hydrogen-bond donors (Lipinski definition) is 3. The van der Waals surface area contributed by atoms with Crippen LogP contribution >= 0.6 is 0 Å². The lowest BCUT2D eigenvalue weighted by atomic mass is 9.81. The van der Waals surface area contributed by atoms with Gasteiger partial charge in [-0.2, -0.15) is 0 Å². The van der Waals surface area contributed by atoms with Crippen molar-refractivity contribution in [1.29, 1.82) is 0 Å². The zero-order chi connectivity index (χ0) is 33.7. The minimum absolute atomic E-state index is 0.00104. The Labute approximate surface area is 273 Å². The van der Waals surface area contributed by atoms with Gasteiger partial charge in [0.15, 0.2) is 5.78 Å². The molecule has 0 unspecified atom stereocenters. The number of amides is 1. The van der Waals surface area contributed by atoms with Crippen molar-refractivity contribution < 1.29 is 33.7 Å². The molecule has 4 aromatic rings. The lowest BCUT2D eigenvalue weighted by Gasteiger charge is -2.27. The number of ketones is 1. The van der Waals surface area contributed by atoms with Crippen LogP contribution < -0.4 is 14.8 Å². The van der Waals surface area contributed by atoms with Gasteiger partial charge in [0, 0.05) is 41.2 Å². The van der Waals surface area contributed by atoms with Crippen LogP contribution in [0.25, 0.3) is 22.2 Å². The van der Waals surface area contributed by atoms with Gasteiger partial charge < -0.3 is 25.0 Å².